The zero-order valence-electron chi connectivity index (χ0n) is 24.2. The minimum absolute atomic E-state index is 0.0807. The van der Waals surface area contributed by atoms with E-state index in [0.717, 1.165) is 89.3 Å². The topological polar surface area (TPSA) is 114 Å². The van der Waals surface area contributed by atoms with Gasteiger partial charge in [0.25, 0.3) is 0 Å². The number of aromatic nitrogens is 4. The van der Waals surface area contributed by atoms with Crippen molar-refractivity contribution in [3.05, 3.63) is 58.4 Å². The van der Waals surface area contributed by atoms with Crippen LogP contribution in [0.25, 0.3) is 27.4 Å². The normalized spacial score (nSPS) is 13.6. The number of hydrogen-bond donors (Lipinski definition) is 3. The second-order valence-corrected chi connectivity index (χ2v) is 12.5. The molecule has 0 fully saturated rings. The lowest BCUT2D eigenvalue weighted by molar-refractivity contribution is 0.0947. The Hall–Kier alpha value is -3.31. The first-order valence-electron chi connectivity index (χ1n) is 14.1. The number of carbonyl (C=O) groups is 1. The summed E-state index contributed by atoms with van der Waals surface area (Å²) in [5, 5.41) is 33.3. The van der Waals surface area contributed by atoms with Crippen LogP contribution < -0.4 is 10.1 Å². The smallest absolute Gasteiger partial charge is 0.166 e. The van der Waals surface area contributed by atoms with E-state index >= 15 is 0 Å². The highest BCUT2D eigenvalue weighted by atomic mass is 32.1. The molecular weight excluding hydrogens is 538 g/mol. The van der Waals surface area contributed by atoms with E-state index in [-0.39, 0.29) is 18.6 Å². The molecule has 0 unspecified atom stereocenters. The highest BCUT2D eigenvalue weighted by molar-refractivity contribution is 7.13. The fourth-order valence-corrected chi connectivity index (χ4v) is 6.39. The number of methoxy groups -OCH3 is 1. The summed E-state index contributed by atoms with van der Waals surface area (Å²) in [5.74, 6) is 0.669. The Balaban J connectivity index is 1.58. The van der Waals surface area contributed by atoms with Gasteiger partial charge in [0.15, 0.2) is 6.29 Å². The van der Waals surface area contributed by atoms with Gasteiger partial charge in [0.2, 0.25) is 0 Å². The minimum atomic E-state index is -0.897. The molecule has 9 nitrogen and oxygen atoms in total. The molecule has 10 heteroatoms. The van der Waals surface area contributed by atoms with Crippen molar-refractivity contribution in [1.82, 2.24) is 24.9 Å². The molecular formula is C31H39N5O4S. The van der Waals surface area contributed by atoms with Crippen LogP contribution in [0.1, 0.15) is 60.9 Å². The van der Waals surface area contributed by atoms with E-state index in [1.807, 2.05) is 0 Å². The van der Waals surface area contributed by atoms with Gasteiger partial charge in [-0.15, -0.1) is 16.4 Å². The van der Waals surface area contributed by atoms with Crippen molar-refractivity contribution in [3.8, 4) is 33.1 Å². The molecule has 41 heavy (non-hydrogen) atoms. The maximum absolute atomic E-state index is 12.6. The number of aryl methyl sites for hydroxylation is 1. The zero-order chi connectivity index (χ0) is 29.1. The minimum Gasteiger partial charge on any atom is -0.494 e. The predicted octanol–water partition coefficient (Wildman–Crippen LogP) is 4.45. The molecule has 1 atom stereocenters. The van der Waals surface area contributed by atoms with E-state index in [4.69, 9.17) is 4.74 Å². The highest BCUT2D eigenvalue weighted by Gasteiger charge is 2.30. The molecule has 1 aliphatic rings. The fourth-order valence-electron chi connectivity index (χ4n) is 5.59. The van der Waals surface area contributed by atoms with Gasteiger partial charge in [-0.3, -0.25) is 4.79 Å². The van der Waals surface area contributed by atoms with Crippen molar-refractivity contribution in [1.29, 1.82) is 0 Å². The van der Waals surface area contributed by atoms with Crippen molar-refractivity contribution in [2.75, 3.05) is 20.3 Å². The Bertz CT molecular complexity index is 1500. The van der Waals surface area contributed by atoms with Gasteiger partial charge >= 0.3 is 0 Å². The molecule has 3 N–H and O–H groups in total. The number of nitrogens with zero attached hydrogens (tertiary/aromatic N) is 4. The van der Waals surface area contributed by atoms with E-state index in [2.05, 4.69) is 70.6 Å². The monoisotopic (exact) mass is 577 g/mol. The summed E-state index contributed by atoms with van der Waals surface area (Å²) in [7, 11) is 1.64. The number of thiophene rings is 1. The van der Waals surface area contributed by atoms with Crippen LogP contribution >= 0.6 is 11.3 Å². The third-order valence-electron chi connectivity index (χ3n) is 7.50. The molecule has 3 aromatic heterocycles. The Morgan fingerprint density at radius 2 is 2.10 bits per heavy atom. The summed E-state index contributed by atoms with van der Waals surface area (Å²) in [6.07, 6.45) is 5.68. The maximum Gasteiger partial charge on any atom is 0.166 e. The van der Waals surface area contributed by atoms with Crippen molar-refractivity contribution < 1.29 is 19.7 Å². The van der Waals surface area contributed by atoms with Crippen LogP contribution in [-0.2, 0) is 25.8 Å². The van der Waals surface area contributed by atoms with Gasteiger partial charge < -0.3 is 24.8 Å². The number of fused-ring (bicyclic) bond motifs is 3. The van der Waals surface area contributed by atoms with Crippen molar-refractivity contribution >= 4 is 17.6 Å². The van der Waals surface area contributed by atoms with Crippen molar-refractivity contribution in [2.45, 2.75) is 71.1 Å². The number of nitrogens with one attached hydrogen (secondary N) is 1. The van der Waals surface area contributed by atoms with Gasteiger partial charge in [-0.25, -0.2) is 4.68 Å². The largest absolute Gasteiger partial charge is 0.494 e. The Kier molecular flexibility index (Phi) is 8.74. The SMILES string of the molecule is COc1cc2c(cc1-n1cc(C[C@@H](O)CO)nn1)-c1c(-c3cccs3)c(CCCCNC(C)(C)C)c(C=O)n1CC2. The Labute approximate surface area is 244 Å². The van der Waals surface area contributed by atoms with Gasteiger partial charge in [-0.05, 0) is 87.7 Å². The molecule has 0 amide bonds. The van der Waals surface area contributed by atoms with Crippen molar-refractivity contribution in [3.63, 3.8) is 0 Å². The summed E-state index contributed by atoms with van der Waals surface area (Å²) < 4.78 is 9.61. The summed E-state index contributed by atoms with van der Waals surface area (Å²) in [6.45, 7) is 7.83. The molecule has 0 saturated carbocycles. The molecule has 0 radical (unpaired) electrons. The van der Waals surface area contributed by atoms with E-state index in [0.29, 0.717) is 11.4 Å². The first-order valence-corrected chi connectivity index (χ1v) is 15.0. The van der Waals surface area contributed by atoms with Gasteiger partial charge in [0.05, 0.1) is 43.1 Å². The first kappa shape index (κ1) is 29.2. The molecule has 1 aliphatic heterocycles. The van der Waals surface area contributed by atoms with E-state index in [9.17, 15) is 15.0 Å². The van der Waals surface area contributed by atoms with Gasteiger partial charge in [0.1, 0.15) is 11.4 Å². The second-order valence-electron chi connectivity index (χ2n) is 11.6. The van der Waals surface area contributed by atoms with Gasteiger partial charge in [-0.2, -0.15) is 0 Å². The average molecular weight is 578 g/mol. The van der Waals surface area contributed by atoms with Crippen molar-refractivity contribution in [2.24, 2.45) is 0 Å². The molecule has 5 rings (SSSR count). The van der Waals surface area contributed by atoms with Crippen LogP contribution in [0.15, 0.2) is 35.8 Å². The number of hydrogen-bond acceptors (Lipinski definition) is 8. The number of aliphatic hydroxyl groups is 2. The standard InChI is InChI=1S/C31H39N5O4S/c1-31(2,3)32-11-6-5-8-23-26(19-38)35-12-10-20-14-27(40-4)25(36-17-21(33-34-36)15-22(39)18-37)16-24(20)30(35)29(23)28-9-7-13-41-28/h7,9,13-14,16-17,19,22,32,37,39H,5-6,8,10-12,15,18H2,1-4H3/t22-/m1/s1. The first-order chi connectivity index (χ1) is 19.7. The van der Waals surface area contributed by atoms with Crippen LogP contribution in [0, 0.1) is 0 Å². The summed E-state index contributed by atoms with van der Waals surface area (Å²) in [6, 6.07) is 8.32. The number of benzene rings is 1. The Morgan fingerprint density at radius 1 is 1.27 bits per heavy atom. The quantitative estimate of drug-likeness (QED) is 0.168. The summed E-state index contributed by atoms with van der Waals surface area (Å²) >= 11 is 1.69. The third kappa shape index (κ3) is 6.16. The molecule has 218 valence electrons. The number of rotatable bonds is 12. The fraction of sp³-hybridized carbons (Fsp3) is 0.452. The molecule has 0 aliphatic carbocycles. The number of unbranched alkanes of at least 4 members (excludes halogenated alkanes) is 1. The molecule has 0 spiro atoms. The van der Waals surface area contributed by atoms with Crippen LogP contribution in [0.3, 0.4) is 0 Å². The molecule has 0 bridgehead atoms. The van der Waals surface area contributed by atoms with Gasteiger partial charge in [-0.1, -0.05) is 11.3 Å². The molecule has 4 heterocycles. The number of aldehydes is 1. The average Bonchev–Trinajstić information content (AvgIpc) is 3.70. The van der Waals surface area contributed by atoms with E-state index in [1.165, 1.54) is 0 Å². The van der Waals surface area contributed by atoms with Crippen LogP contribution in [-0.4, -0.2) is 68.0 Å². The number of aliphatic hydroxyl groups excluding tert-OH is 2. The molecule has 1 aromatic carbocycles. The van der Waals surface area contributed by atoms with E-state index < -0.39 is 6.10 Å². The van der Waals surface area contributed by atoms with E-state index in [1.54, 1.807) is 29.3 Å². The van der Waals surface area contributed by atoms with Gasteiger partial charge in [0, 0.05) is 34.5 Å². The van der Waals surface area contributed by atoms with Crippen LogP contribution in [0.4, 0.5) is 0 Å². The second kappa shape index (κ2) is 12.3. The third-order valence-corrected chi connectivity index (χ3v) is 8.39. The summed E-state index contributed by atoms with van der Waals surface area (Å²) in [5.41, 5.74) is 7.63. The number of carbonyl (C=O) groups excluding carboxylic acids is 1. The number of ether oxygens (including phenoxy) is 1. The lowest BCUT2D eigenvalue weighted by atomic mass is 9.93. The maximum atomic E-state index is 12.6. The Morgan fingerprint density at radius 3 is 2.78 bits per heavy atom. The predicted molar refractivity (Wildman–Crippen MR) is 161 cm³/mol. The lowest BCUT2D eigenvalue weighted by Crippen LogP contribution is -2.36. The lowest BCUT2D eigenvalue weighted by Gasteiger charge is -2.23. The summed E-state index contributed by atoms with van der Waals surface area (Å²) in [4.78, 5) is 13.8. The zero-order valence-corrected chi connectivity index (χ0v) is 25.0. The molecule has 0 saturated heterocycles. The molecule has 4 aromatic rings. The van der Waals surface area contributed by atoms with Crippen LogP contribution in [0.2, 0.25) is 0 Å². The van der Waals surface area contributed by atoms with Crippen LogP contribution in [0.5, 0.6) is 5.75 Å². The highest BCUT2D eigenvalue weighted by Crippen LogP contribution is 2.46.